The molecule has 0 fully saturated rings. The molecular formula is C15H10N2S. The van der Waals surface area contributed by atoms with Crippen molar-refractivity contribution in [2.45, 2.75) is 6.92 Å². The summed E-state index contributed by atoms with van der Waals surface area (Å²) in [6, 6.07) is 10.2. The molecule has 3 aromatic rings. The molecule has 3 heteroatoms. The Balaban J connectivity index is 1.97. The van der Waals surface area contributed by atoms with E-state index in [0.717, 1.165) is 21.5 Å². The first-order valence-electron chi connectivity index (χ1n) is 5.59. The normalized spacial score (nSPS) is 10.1. The van der Waals surface area contributed by atoms with Crippen LogP contribution in [0.3, 0.4) is 0 Å². The number of hydrogen-bond acceptors (Lipinski definition) is 3. The van der Waals surface area contributed by atoms with Crippen LogP contribution in [-0.2, 0) is 0 Å². The summed E-state index contributed by atoms with van der Waals surface area (Å²) in [5, 5.41) is 0. The Morgan fingerprint density at radius 1 is 1.06 bits per heavy atom. The predicted molar refractivity (Wildman–Crippen MR) is 74.6 cm³/mol. The number of aromatic nitrogens is 2. The van der Waals surface area contributed by atoms with Gasteiger partial charge in [-0.15, -0.1) is 11.3 Å². The topological polar surface area (TPSA) is 25.8 Å². The molecule has 1 aromatic carbocycles. The van der Waals surface area contributed by atoms with Crippen LogP contribution in [0.15, 0.2) is 42.0 Å². The molecule has 0 amide bonds. The molecule has 0 aliphatic rings. The fourth-order valence-corrected chi connectivity index (χ4v) is 2.36. The van der Waals surface area contributed by atoms with E-state index in [-0.39, 0.29) is 0 Å². The molecule has 0 bridgehead atoms. The Kier molecular flexibility index (Phi) is 2.79. The van der Waals surface area contributed by atoms with Crippen LogP contribution in [0, 0.1) is 18.8 Å². The monoisotopic (exact) mass is 250 g/mol. The molecule has 0 N–H and O–H groups in total. The van der Waals surface area contributed by atoms with Gasteiger partial charge in [0.05, 0.1) is 10.2 Å². The highest BCUT2D eigenvalue weighted by Crippen LogP contribution is 2.16. The molecule has 2 aromatic heterocycles. The minimum absolute atomic E-state index is 0.793. The van der Waals surface area contributed by atoms with Crippen LogP contribution in [-0.4, -0.2) is 9.97 Å². The van der Waals surface area contributed by atoms with Crippen LogP contribution >= 0.6 is 11.3 Å². The maximum absolute atomic E-state index is 4.27. The Morgan fingerprint density at radius 3 is 2.83 bits per heavy atom. The summed E-state index contributed by atoms with van der Waals surface area (Å²) in [5.41, 5.74) is 5.77. The van der Waals surface area contributed by atoms with Gasteiger partial charge in [0.25, 0.3) is 0 Å². The van der Waals surface area contributed by atoms with E-state index in [0.29, 0.717) is 0 Å². The third-order valence-corrected chi connectivity index (χ3v) is 3.32. The zero-order chi connectivity index (χ0) is 12.4. The standard InChI is InChI=1S/C15H10N2S/c1-11-3-2-4-12(7-11)5-6-13-8-14-15(16-9-13)17-10-18-14/h2-4,7-10H,1H3. The summed E-state index contributed by atoms with van der Waals surface area (Å²) < 4.78 is 1.08. The molecule has 0 saturated carbocycles. The van der Waals surface area contributed by atoms with Gasteiger partial charge >= 0.3 is 0 Å². The Labute approximate surface area is 109 Å². The molecule has 0 spiro atoms. The van der Waals surface area contributed by atoms with Crippen LogP contribution < -0.4 is 0 Å². The highest BCUT2D eigenvalue weighted by molar-refractivity contribution is 7.16. The van der Waals surface area contributed by atoms with Crippen LogP contribution in [0.2, 0.25) is 0 Å². The van der Waals surface area contributed by atoms with E-state index in [9.17, 15) is 0 Å². The number of hydrogen-bond donors (Lipinski definition) is 0. The molecule has 18 heavy (non-hydrogen) atoms. The molecule has 86 valence electrons. The number of rotatable bonds is 0. The van der Waals surface area contributed by atoms with Gasteiger partial charge in [0, 0.05) is 17.3 Å². The summed E-state index contributed by atoms with van der Waals surface area (Å²) in [6.45, 7) is 2.07. The van der Waals surface area contributed by atoms with Crippen molar-refractivity contribution in [1.29, 1.82) is 0 Å². The van der Waals surface area contributed by atoms with Gasteiger partial charge in [-0.1, -0.05) is 24.0 Å². The summed E-state index contributed by atoms with van der Waals surface area (Å²) in [6.07, 6.45) is 1.77. The van der Waals surface area contributed by atoms with E-state index >= 15 is 0 Å². The van der Waals surface area contributed by atoms with Crippen LogP contribution in [0.5, 0.6) is 0 Å². The van der Waals surface area contributed by atoms with Gasteiger partial charge in [0.15, 0.2) is 5.65 Å². The van der Waals surface area contributed by atoms with Crippen molar-refractivity contribution in [3.05, 3.63) is 58.7 Å². The van der Waals surface area contributed by atoms with E-state index in [1.54, 1.807) is 23.0 Å². The Bertz CT molecular complexity index is 763. The van der Waals surface area contributed by atoms with Gasteiger partial charge < -0.3 is 0 Å². The summed E-state index contributed by atoms with van der Waals surface area (Å²) >= 11 is 1.58. The minimum Gasteiger partial charge on any atom is -0.235 e. The van der Waals surface area contributed by atoms with Gasteiger partial charge in [-0.25, -0.2) is 9.97 Å². The lowest BCUT2D eigenvalue weighted by Crippen LogP contribution is -1.80. The van der Waals surface area contributed by atoms with E-state index < -0.39 is 0 Å². The number of thiazole rings is 1. The van der Waals surface area contributed by atoms with Crippen LogP contribution in [0.25, 0.3) is 10.3 Å². The van der Waals surface area contributed by atoms with Gasteiger partial charge in [-0.2, -0.15) is 0 Å². The van der Waals surface area contributed by atoms with E-state index in [2.05, 4.69) is 40.9 Å². The summed E-state index contributed by atoms with van der Waals surface area (Å²) in [4.78, 5) is 8.42. The molecule has 2 heterocycles. The number of pyridine rings is 1. The van der Waals surface area contributed by atoms with Crippen LogP contribution in [0.1, 0.15) is 16.7 Å². The fourth-order valence-electron chi connectivity index (χ4n) is 1.69. The molecular weight excluding hydrogens is 240 g/mol. The number of nitrogens with zero attached hydrogens (tertiary/aromatic N) is 2. The first kappa shape index (κ1) is 10.9. The highest BCUT2D eigenvalue weighted by atomic mass is 32.1. The highest BCUT2D eigenvalue weighted by Gasteiger charge is 1.97. The Morgan fingerprint density at radius 2 is 1.94 bits per heavy atom. The number of aryl methyl sites for hydroxylation is 1. The maximum atomic E-state index is 4.27. The average molecular weight is 250 g/mol. The quantitative estimate of drug-likeness (QED) is 0.571. The van der Waals surface area contributed by atoms with Crippen molar-refractivity contribution in [2.24, 2.45) is 0 Å². The molecule has 0 unspecified atom stereocenters. The largest absolute Gasteiger partial charge is 0.235 e. The smallest absolute Gasteiger partial charge is 0.170 e. The summed E-state index contributed by atoms with van der Waals surface area (Å²) in [5.74, 6) is 6.29. The minimum atomic E-state index is 0.793. The first-order chi connectivity index (χ1) is 8.81. The first-order valence-corrected chi connectivity index (χ1v) is 6.47. The SMILES string of the molecule is Cc1cccc(C#Cc2cnc3ncsc3c2)c1. The molecule has 0 atom stereocenters. The lowest BCUT2D eigenvalue weighted by atomic mass is 10.1. The second-order valence-electron chi connectivity index (χ2n) is 4.02. The molecule has 3 rings (SSSR count). The lowest BCUT2D eigenvalue weighted by Gasteiger charge is -1.93. The van der Waals surface area contributed by atoms with Crippen molar-refractivity contribution >= 4 is 21.7 Å². The molecule has 0 aliphatic carbocycles. The predicted octanol–water partition coefficient (Wildman–Crippen LogP) is 3.40. The summed E-state index contributed by atoms with van der Waals surface area (Å²) in [7, 11) is 0. The van der Waals surface area contributed by atoms with Crippen molar-refractivity contribution in [3.63, 3.8) is 0 Å². The van der Waals surface area contributed by atoms with Crippen molar-refractivity contribution in [3.8, 4) is 11.8 Å². The van der Waals surface area contributed by atoms with E-state index in [1.165, 1.54) is 5.56 Å². The fraction of sp³-hybridized carbons (Fsp3) is 0.0667. The van der Waals surface area contributed by atoms with Crippen LogP contribution in [0.4, 0.5) is 0 Å². The molecule has 2 nitrogen and oxygen atoms in total. The zero-order valence-electron chi connectivity index (χ0n) is 9.84. The zero-order valence-corrected chi connectivity index (χ0v) is 10.7. The van der Waals surface area contributed by atoms with E-state index in [1.807, 2.05) is 18.2 Å². The van der Waals surface area contributed by atoms with Crippen molar-refractivity contribution in [1.82, 2.24) is 9.97 Å². The lowest BCUT2D eigenvalue weighted by molar-refractivity contribution is 1.32. The van der Waals surface area contributed by atoms with Crippen molar-refractivity contribution in [2.75, 3.05) is 0 Å². The average Bonchev–Trinajstić information content (AvgIpc) is 2.84. The van der Waals surface area contributed by atoms with Gasteiger partial charge in [0.2, 0.25) is 0 Å². The van der Waals surface area contributed by atoms with E-state index in [4.69, 9.17) is 0 Å². The molecule has 0 radical (unpaired) electrons. The van der Waals surface area contributed by atoms with Gasteiger partial charge in [0.1, 0.15) is 0 Å². The van der Waals surface area contributed by atoms with Crippen molar-refractivity contribution < 1.29 is 0 Å². The molecule has 0 aliphatic heterocycles. The third kappa shape index (κ3) is 2.24. The second-order valence-corrected chi connectivity index (χ2v) is 4.90. The molecule has 0 saturated heterocycles. The van der Waals surface area contributed by atoms with Gasteiger partial charge in [-0.3, -0.25) is 0 Å². The number of benzene rings is 1. The second kappa shape index (κ2) is 4.59. The third-order valence-electron chi connectivity index (χ3n) is 2.56. The number of fused-ring (bicyclic) bond motifs is 1. The Hall–Kier alpha value is -2.18. The maximum Gasteiger partial charge on any atom is 0.170 e. The van der Waals surface area contributed by atoms with Gasteiger partial charge in [-0.05, 0) is 30.7 Å².